The van der Waals surface area contributed by atoms with Crippen LogP contribution in [0.15, 0.2) is 24.3 Å². The molecule has 2 aliphatic heterocycles. The largest absolute Gasteiger partial charge is 0.393 e. The molecule has 2 heterocycles. The van der Waals surface area contributed by atoms with Crippen molar-refractivity contribution in [1.82, 2.24) is 15.5 Å². The van der Waals surface area contributed by atoms with E-state index in [2.05, 4.69) is 20.9 Å². The Labute approximate surface area is 283 Å². The van der Waals surface area contributed by atoms with E-state index in [1.807, 2.05) is 41.7 Å². The maximum atomic E-state index is 16.1. The minimum absolute atomic E-state index is 0.0312. The lowest BCUT2D eigenvalue weighted by atomic mass is 9.81. The quantitative estimate of drug-likeness (QED) is 0.288. The molecule has 0 saturated carbocycles. The van der Waals surface area contributed by atoms with E-state index in [0.29, 0.717) is 25.6 Å². The molecule has 2 fully saturated rings. The van der Waals surface area contributed by atoms with Gasteiger partial charge in [-0.05, 0) is 64.8 Å². The van der Waals surface area contributed by atoms with Crippen LogP contribution in [0.5, 0.6) is 0 Å². The SMILES string of the molecule is C[C@@H]1CN(c2cc(F)c(-c3cc(C(=O)NC(C)(C)CC(C)(C)C)c(F)cc3F)cc2NC(=O)C2CNC(=O)CC2C(F)(F)F)C[C@H](C)N1C. The lowest BCUT2D eigenvalue weighted by Gasteiger charge is -2.44. The predicted octanol–water partition coefficient (Wildman–Crippen LogP) is 6.50. The molecule has 0 aliphatic carbocycles. The number of rotatable bonds is 7. The van der Waals surface area contributed by atoms with Gasteiger partial charge in [0.15, 0.2) is 0 Å². The van der Waals surface area contributed by atoms with Crippen LogP contribution < -0.4 is 20.9 Å². The average Bonchev–Trinajstić information content (AvgIpc) is 2.94. The Morgan fingerprint density at radius 1 is 0.898 bits per heavy atom. The van der Waals surface area contributed by atoms with Gasteiger partial charge >= 0.3 is 6.18 Å². The number of likely N-dealkylation sites (N-methyl/N-ethyl adjacent to an activating group) is 1. The summed E-state index contributed by atoms with van der Waals surface area (Å²) in [6.07, 6.45) is -5.27. The van der Waals surface area contributed by atoms with Gasteiger partial charge in [-0.2, -0.15) is 13.2 Å². The van der Waals surface area contributed by atoms with Gasteiger partial charge in [0, 0.05) is 60.9 Å². The zero-order valence-electron chi connectivity index (χ0n) is 29.0. The van der Waals surface area contributed by atoms with Crippen LogP contribution in [0.1, 0.15) is 71.7 Å². The molecule has 0 aromatic heterocycles. The number of hydrogen-bond acceptors (Lipinski definition) is 5. The van der Waals surface area contributed by atoms with E-state index in [1.165, 1.54) is 0 Å². The molecule has 2 saturated heterocycles. The second kappa shape index (κ2) is 13.8. The number of piperazine rings is 1. The number of nitrogens with one attached hydrogen (secondary N) is 3. The Kier molecular flexibility index (Phi) is 10.7. The minimum Gasteiger partial charge on any atom is -0.367 e. The monoisotopic (exact) mass is 697 g/mol. The van der Waals surface area contributed by atoms with Gasteiger partial charge in [0.1, 0.15) is 17.5 Å². The standard InChI is InChI=1S/C35H45F6N5O3/c1-18-15-46(16-19(2)45(18)8)29-13-27(38)21(10-28(29)43-31(48)23-14-42-30(47)11-24(23)35(39,40)41)20-9-22(26(37)12-25(20)36)32(49)44-34(6,7)17-33(3,4)5/h9-10,12-13,18-19,23-24H,11,14-17H2,1-8H3,(H,42,47)(H,43,48)(H,44,49)/t18-,19+,23?,24?. The van der Waals surface area contributed by atoms with E-state index in [4.69, 9.17) is 0 Å². The van der Waals surface area contributed by atoms with Gasteiger partial charge in [0.2, 0.25) is 11.8 Å². The number of alkyl halides is 3. The first-order valence-electron chi connectivity index (χ1n) is 16.2. The fraction of sp³-hybridized carbons (Fsp3) is 0.571. The zero-order valence-corrected chi connectivity index (χ0v) is 29.0. The van der Waals surface area contributed by atoms with Gasteiger partial charge in [-0.15, -0.1) is 0 Å². The summed E-state index contributed by atoms with van der Waals surface area (Å²) in [6, 6.07) is 3.42. The molecule has 4 rings (SSSR count). The van der Waals surface area contributed by atoms with Crippen molar-refractivity contribution < 1.29 is 40.7 Å². The Morgan fingerprint density at radius 3 is 2.04 bits per heavy atom. The summed E-state index contributed by atoms with van der Waals surface area (Å²) >= 11 is 0. The lowest BCUT2D eigenvalue weighted by Crippen LogP contribution is -2.55. The van der Waals surface area contributed by atoms with Crippen LogP contribution in [0, 0.1) is 34.7 Å². The minimum atomic E-state index is -4.85. The third-order valence-electron chi connectivity index (χ3n) is 9.23. The molecule has 2 aromatic carbocycles. The van der Waals surface area contributed by atoms with E-state index in [9.17, 15) is 27.6 Å². The van der Waals surface area contributed by atoms with Crippen LogP contribution in [0.4, 0.5) is 37.7 Å². The van der Waals surface area contributed by atoms with Crippen molar-refractivity contribution in [3.63, 3.8) is 0 Å². The average molecular weight is 698 g/mol. The molecule has 3 amide bonds. The summed E-state index contributed by atoms with van der Waals surface area (Å²) in [5.74, 6) is -10.0. The second-order valence-corrected chi connectivity index (χ2v) is 15.3. The summed E-state index contributed by atoms with van der Waals surface area (Å²) in [7, 11) is 1.92. The number of amides is 3. The van der Waals surface area contributed by atoms with Gasteiger partial charge in [-0.25, -0.2) is 13.2 Å². The van der Waals surface area contributed by atoms with Crippen LogP contribution in [-0.2, 0) is 9.59 Å². The number of benzene rings is 2. The highest BCUT2D eigenvalue weighted by molar-refractivity contribution is 5.99. The van der Waals surface area contributed by atoms with Crippen molar-refractivity contribution in [2.45, 2.75) is 85.1 Å². The van der Waals surface area contributed by atoms with Crippen LogP contribution in [0.3, 0.4) is 0 Å². The van der Waals surface area contributed by atoms with Gasteiger partial charge in [-0.1, -0.05) is 20.8 Å². The topological polar surface area (TPSA) is 93.8 Å². The van der Waals surface area contributed by atoms with Crippen molar-refractivity contribution in [2.75, 3.05) is 36.9 Å². The summed E-state index contributed by atoms with van der Waals surface area (Å²) in [6.45, 7) is 13.5. The van der Waals surface area contributed by atoms with Gasteiger partial charge in [0.05, 0.1) is 28.8 Å². The molecular formula is C35H45F6N5O3. The number of piperidine rings is 1. The number of carbonyl (C=O) groups excluding carboxylic acids is 3. The fourth-order valence-electron chi connectivity index (χ4n) is 7.03. The first kappa shape index (κ1) is 38.0. The number of carbonyl (C=O) groups is 3. The molecule has 8 nitrogen and oxygen atoms in total. The molecule has 49 heavy (non-hydrogen) atoms. The first-order valence-corrected chi connectivity index (χ1v) is 16.2. The van der Waals surface area contributed by atoms with Crippen LogP contribution in [0.2, 0.25) is 0 Å². The highest BCUT2D eigenvalue weighted by Crippen LogP contribution is 2.40. The van der Waals surface area contributed by atoms with Crippen LogP contribution >= 0.6 is 0 Å². The third-order valence-corrected chi connectivity index (χ3v) is 9.23. The van der Waals surface area contributed by atoms with E-state index >= 15 is 13.2 Å². The number of halogens is 6. The molecule has 2 unspecified atom stereocenters. The highest BCUT2D eigenvalue weighted by atomic mass is 19.4. The zero-order chi connectivity index (χ0) is 36.8. The normalized spacial score (nSPS) is 22.5. The summed E-state index contributed by atoms with van der Waals surface area (Å²) < 4.78 is 88.3. The van der Waals surface area contributed by atoms with Crippen molar-refractivity contribution in [1.29, 1.82) is 0 Å². The Morgan fingerprint density at radius 2 is 1.47 bits per heavy atom. The lowest BCUT2D eigenvalue weighted by molar-refractivity contribution is -0.197. The van der Waals surface area contributed by atoms with Crippen molar-refractivity contribution >= 4 is 29.1 Å². The second-order valence-electron chi connectivity index (χ2n) is 15.3. The van der Waals surface area contributed by atoms with E-state index in [0.717, 1.165) is 18.2 Å². The van der Waals surface area contributed by atoms with E-state index in [1.54, 1.807) is 18.7 Å². The fourth-order valence-corrected chi connectivity index (χ4v) is 7.03. The van der Waals surface area contributed by atoms with Gasteiger partial charge < -0.3 is 20.9 Å². The van der Waals surface area contributed by atoms with Gasteiger partial charge in [0.25, 0.3) is 5.91 Å². The maximum absolute atomic E-state index is 16.1. The summed E-state index contributed by atoms with van der Waals surface area (Å²) in [5, 5.41) is 7.56. The van der Waals surface area contributed by atoms with Crippen LogP contribution in [-0.4, -0.2) is 73.1 Å². The molecule has 2 aromatic rings. The number of nitrogens with zero attached hydrogens (tertiary/aromatic N) is 2. The molecule has 0 radical (unpaired) electrons. The first-order chi connectivity index (χ1) is 22.5. The van der Waals surface area contributed by atoms with E-state index < -0.39 is 88.4 Å². The van der Waals surface area contributed by atoms with E-state index in [-0.39, 0.29) is 28.9 Å². The van der Waals surface area contributed by atoms with Crippen molar-refractivity contribution in [3.8, 4) is 11.1 Å². The molecule has 270 valence electrons. The van der Waals surface area contributed by atoms with Crippen molar-refractivity contribution in [2.24, 2.45) is 17.3 Å². The van der Waals surface area contributed by atoms with Crippen molar-refractivity contribution in [3.05, 3.63) is 47.3 Å². The molecule has 2 aliphatic rings. The molecule has 3 N–H and O–H groups in total. The molecule has 0 spiro atoms. The molecule has 0 bridgehead atoms. The predicted molar refractivity (Wildman–Crippen MR) is 176 cm³/mol. The smallest absolute Gasteiger partial charge is 0.367 e. The molecular weight excluding hydrogens is 652 g/mol. The maximum Gasteiger partial charge on any atom is 0.393 e. The Balaban J connectivity index is 1.80. The number of anilines is 2. The Hall–Kier alpha value is -3.81. The third kappa shape index (κ3) is 8.87. The molecule has 4 atom stereocenters. The summed E-state index contributed by atoms with van der Waals surface area (Å²) in [4.78, 5) is 42.5. The summed E-state index contributed by atoms with van der Waals surface area (Å²) in [5.41, 5.74) is -2.42. The Bertz CT molecular complexity index is 1590. The number of hydrogen-bond donors (Lipinski definition) is 3. The van der Waals surface area contributed by atoms with Crippen LogP contribution in [0.25, 0.3) is 11.1 Å². The molecule has 14 heteroatoms. The highest BCUT2D eigenvalue weighted by Gasteiger charge is 2.50. The van der Waals surface area contributed by atoms with Gasteiger partial charge in [-0.3, -0.25) is 19.3 Å².